The summed E-state index contributed by atoms with van der Waals surface area (Å²) >= 11 is 0. The molecule has 1 aromatic rings. The molecule has 1 aliphatic heterocycles. The van der Waals surface area contributed by atoms with Crippen LogP contribution >= 0.6 is 0 Å². The topological polar surface area (TPSA) is 63.2 Å². The van der Waals surface area contributed by atoms with Crippen LogP contribution in [0.25, 0.3) is 0 Å². The molecular formula is C14H19N3O2. The molecule has 2 amide bonds. The molecule has 2 heterocycles. The van der Waals surface area contributed by atoms with Crippen molar-refractivity contribution in [3.8, 4) is 0 Å². The Morgan fingerprint density at radius 1 is 1.37 bits per heavy atom. The zero-order valence-electron chi connectivity index (χ0n) is 10.9. The highest BCUT2D eigenvalue weighted by molar-refractivity contribution is 5.89. The Morgan fingerprint density at radius 3 is 2.84 bits per heavy atom. The molecule has 2 aliphatic rings. The first kappa shape index (κ1) is 12.4. The van der Waals surface area contributed by atoms with Crippen molar-refractivity contribution in [1.82, 2.24) is 10.3 Å². The van der Waals surface area contributed by atoms with Crippen LogP contribution in [0.4, 0.5) is 10.5 Å². The van der Waals surface area contributed by atoms with E-state index in [9.17, 15) is 4.79 Å². The molecule has 5 nitrogen and oxygen atoms in total. The smallest absolute Gasteiger partial charge is 0.319 e. The first-order chi connectivity index (χ1) is 9.28. The Bertz CT molecular complexity index is 443. The minimum absolute atomic E-state index is 0.136. The summed E-state index contributed by atoms with van der Waals surface area (Å²) in [6, 6.07) is 3.79. The second-order valence-corrected chi connectivity index (χ2v) is 5.41. The maximum atomic E-state index is 12.0. The van der Waals surface area contributed by atoms with Gasteiger partial charge in [0.15, 0.2) is 0 Å². The van der Waals surface area contributed by atoms with Gasteiger partial charge in [0.2, 0.25) is 0 Å². The first-order valence-corrected chi connectivity index (χ1v) is 6.84. The molecular weight excluding hydrogens is 242 g/mol. The van der Waals surface area contributed by atoms with Gasteiger partial charge < -0.3 is 15.4 Å². The SMILES string of the molecule is O=C(Nc1cccnc1)NC1CCC12CCOCC2. The molecule has 0 radical (unpaired) electrons. The van der Waals surface area contributed by atoms with E-state index in [4.69, 9.17) is 4.74 Å². The second kappa shape index (κ2) is 5.17. The summed E-state index contributed by atoms with van der Waals surface area (Å²) in [4.78, 5) is 15.9. The lowest BCUT2D eigenvalue weighted by molar-refractivity contribution is -0.0507. The van der Waals surface area contributed by atoms with Gasteiger partial charge in [-0.15, -0.1) is 0 Å². The lowest BCUT2D eigenvalue weighted by Crippen LogP contribution is -2.57. The molecule has 102 valence electrons. The van der Waals surface area contributed by atoms with Crippen molar-refractivity contribution in [2.75, 3.05) is 18.5 Å². The second-order valence-electron chi connectivity index (χ2n) is 5.41. The number of amides is 2. The molecule has 1 spiro atoms. The first-order valence-electron chi connectivity index (χ1n) is 6.84. The maximum Gasteiger partial charge on any atom is 0.319 e. The number of hydrogen-bond acceptors (Lipinski definition) is 3. The number of rotatable bonds is 2. The van der Waals surface area contributed by atoms with Crippen LogP contribution in [0.1, 0.15) is 25.7 Å². The molecule has 1 unspecified atom stereocenters. The van der Waals surface area contributed by atoms with Gasteiger partial charge in [0.05, 0.1) is 11.9 Å². The van der Waals surface area contributed by atoms with Crippen molar-refractivity contribution in [2.45, 2.75) is 31.7 Å². The average molecular weight is 261 g/mol. The molecule has 2 fully saturated rings. The van der Waals surface area contributed by atoms with Crippen molar-refractivity contribution in [1.29, 1.82) is 0 Å². The maximum absolute atomic E-state index is 12.0. The van der Waals surface area contributed by atoms with Crippen LogP contribution in [-0.4, -0.2) is 30.3 Å². The van der Waals surface area contributed by atoms with Gasteiger partial charge in [-0.3, -0.25) is 4.98 Å². The number of ether oxygens (including phenoxy) is 1. The van der Waals surface area contributed by atoms with Gasteiger partial charge in [-0.1, -0.05) is 0 Å². The molecule has 1 saturated carbocycles. The number of carbonyl (C=O) groups is 1. The lowest BCUT2D eigenvalue weighted by atomic mass is 9.60. The molecule has 1 aliphatic carbocycles. The predicted molar refractivity (Wildman–Crippen MR) is 71.9 cm³/mol. The number of urea groups is 1. The van der Waals surface area contributed by atoms with Gasteiger partial charge in [0.25, 0.3) is 0 Å². The molecule has 1 aromatic heterocycles. The summed E-state index contributed by atoms with van der Waals surface area (Å²) in [5.41, 5.74) is 1.00. The number of hydrogen-bond donors (Lipinski definition) is 2. The van der Waals surface area contributed by atoms with Crippen LogP contribution < -0.4 is 10.6 Å². The van der Waals surface area contributed by atoms with E-state index in [0.29, 0.717) is 0 Å². The molecule has 3 rings (SSSR count). The van der Waals surface area contributed by atoms with Crippen LogP contribution in [0.15, 0.2) is 24.5 Å². The van der Waals surface area contributed by atoms with E-state index in [1.807, 2.05) is 6.07 Å². The standard InChI is InChI=1S/C14H19N3O2/c18-13(16-11-2-1-7-15-10-11)17-12-3-4-14(12)5-8-19-9-6-14/h1-2,7,10,12H,3-6,8-9H2,(H2,16,17,18). The molecule has 5 heteroatoms. The monoisotopic (exact) mass is 261 g/mol. The lowest BCUT2D eigenvalue weighted by Gasteiger charge is -2.51. The highest BCUT2D eigenvalue weighted by atomic mass is 16.5. The van der Waals surface area contributed by atoms with Gasteiger partial charge in [-0.2, -0.15) is 0 Å². The zero-order chi connectivity index (χ0) is 13.1. The number of anilines is 1. The fourth-order valence-electron chi connectivity index (χ4n) is 3.06. The molecule has 1 saturated heterocycles. The third-order valence-electron chi connectivity index (χ3n) is 4.38. The number of nitrogens with one attached hydrogen (secondary N) is 2. The van der Waals surface area contributed by atoms with E-state index in [1.165, 1.54) is 6.42 Å². The Morgan fingerprint density at radius 2 is 2.21 bits per heavy atom. The predicted octanol–water partition coefficient (Wildman–Crippen LogP) is 2.16. The summed E-state index contributed by atoms with van der Waals surface area (Å²) in [7, 11) is 0. The number of nitrogens with zero attached hydrogens (tertiary/aromatic N) is 1. The van der Waals surface area contributed by atoms with Crippen molar-refractivity contribution >= 4 is 11.7 Å². The van der Waals surface area contributed by atoms with E-state index in [1.54, 1.807) is 18.5 Å². The molecule has 0 aromatic carbocycles. The van der Waals surface area contributed by atoms with Crippen LogP contribution in [0.3, 0.4) is 0 Å². The van der Waals surface area contributed by atoms with E-state index in [0.717, 1.165) is 38.2 Å². The third-order valence-corrected chi connectivity index (χ3v) is 4.38. The van der Waals surface area contributed by atoms with Crippen LogP contribution in [-0.2, 0) is 4.74 Å². The summed E-state index contributed by atoms with van der Waals surface area (Å²) in [6.07, 6.45) is 7.72. The Labute approximate surface area is 112 Å². The van der Waals surface area contributed by atoms with Crippen molar-refractivity contribution < 1.29 is 9.53 Å². The van der Waals surface area contributed by atoms with Gasteiger partial charge in [0.1, 0.15) is 0 Å². The van der Waals surface area contributed by atoms with E-state index in [-0.39, 0.29) is 17.5 Å². The number of aromatic nitrogens is 1. The van der Waals surface area contributed by atoms with Gasteiger partial charge in [0, 0.05) is 25.5 Å². The number of carbonyl (C=O) groups excluding carboxylic acids is 1. The summed E-state index contributed by atoms with van der Waals surface area (Å²) in [6.45, 7) is 1.64. The Kier molecular flexibility index (Phi) is 3.38. The van der Waals surface area contributed by atoms with Crippen LogP contribution in [0.2, 0.25) is 0 Å². The quantitative estimate of drug-likeness (QED) is 0.857. The summed E-state index contributed by atoms with van der Waals surface area (Å²) in [5, 5.41) is 5.91. The normalized spacial score (nSPS) is 24.5. The zero-order valence-corrected chi connectivity index (χ0v) is 10.9. The third kappa shape index (κ3) is 2.56. The van der Waals surface area contributed by atoms with Crippen LogP contribution in [0, 0.1) is 5.41 Å². The van der Waals surface area contributed by atoms with Gasteiger partial charge in [-0.05, 0) is 43.2 Å². The van der Waals surface area contributed by atoms with E-state index in [2.05, 4.69) is 15.6 Å². The summed E-state index contributed by atoms with van der Waals surface area (Å²) < 4.78 is 5.41. The average Bonchev–Trinajstić information content (AvgIpc) is 2.46. The molecule has 0 bridgehead atoms. The van der Waals surface area contributed by atoms with Crippen molar-refractivity contribution in [3.05, 3.63) is 24.5 Å². The van der Waals surface area contributed by atoms with Gasteiger partial charge in [-0.25, -0.2) is 4.79 Å². The fourth-order valence-corrected chi connectivity index (χ4v) is 3.06. The highest BCUT2D eigenvalue weighted by Crippen LogP contribution is 2.48. The highest BCUT2D eigenvalue weighted by Gasteiger charge is 2.47. The van der Waals surface area contributed by atoms with Gasteiger partial charge >= 0.3 is 6.03 Å². The molecule has 19 heavy (non-hydrogen) atoms. The van der Waals surface area contributed by atoms with Crippen molar-refractivity contribution in [3.63, 3.8) is 0 Å². The van der Waals surface area contributed by atoms with E-state index < -0.39 is 0 Å². The number of pyridine rings is 1. The van der Waals surface area contributed by atoms with E-state index >= 15 is 0 Å². The fraction of sp³-hybridized carbons (Fsp3) is 0.571. The minimum Gasteiger partial charge on any atom is -0.381 e. The largest absolute Gasteiger partial charge is 0.381 e. The Hall–Kier alpha value is -1.62. The molecule has 1 atom stereocenters. The van der Waals surface area contributed by atoms with Crippen LogP contribution in [0.5, 0.6) is 0 Å². The molecule has 2 N–H and O–H groups in total. The Balaban J connectivity index is 1.55. The minimum atomic E-state index is -0.136. The summed E-state index contributed by atoms with van der Waals surface area (Å²) in [5.74, 6) is 0. The van der Waals surface area contributed by atoms with Crippen molar-refractivity contribution in [2.24, 2.45) is 5.41 Å².